The third kappa shape index (κ3) is 6.49. The lowest BCUT2D eigenvalue weighted by Crippen LogP contribution is -2.51. The first kappa shape index (κ1) is 33.1. The molecule has 17 heteroatoms. The topological polar surface area (TPSA) is 127 Å². The molecule has 0 atom stereocenters. The Balaban J connectivity index is 1.35. The molecule has 5 heterocycles. The van der Waals surface area contributed by atoms with Crippen LogP contribution in [0.4, 0.5) is 28.9 Å². The van der Waals surface area contributed by atoms with Crippen LogP contribution in [0.15, 0.2) is 47.4 Å². The highest BCUT2D eigenvalue weighted by atomic mass is 35.5. The number of amides is 2. The number of carbonyl (C=O) groups excluding carboxylic acids is 2. The minimum Gasteiger partial charge on any atom is -0.377 e. The van der Waals surface area contributed by atoms with Crippen molar-refractivity contribution in [3.8, 4) is 0 Å². The van der Waals surface area contributed by atoms with Crippen LogP contribution in [0.25, 0.3) is 11.4 Å². The number of hydrogen-bond donors (Lipinski definition) is 1. The number of nitrogens with zero attached hydrogens (tertiary/aromatic N) is 7. The van der Waals surface area contributed by atoms with Gasteiger partial charge in [0.1, 0.15) is 12.2 Å². The number of rotatable bonds is 7. The van der Waals surface area contributed by atoms with Crippen LogP contribution in [0.3, 0.4) is 0 Å². The number of ether oxygens (including phenoxy) is 1. The lowest BCUT2D eigenvalue weighted by atomic mass is 10.1. The molecule has 0 radical (unpaired) electrons. The lowest BCUT2D eigenvalue weighted by Gasteiger charge is -2.36. The van der Waals surface area contributed by atoms with Gasteiger partial charge in [-0.25, -0.2) is 9.37 Å². The zero-order chi connectivity index (χ0) is 34.2. The minimum absolute atomic E-state index is 0.0235. The zero-order valence-corrected chi connectivity index (χ0v) is 26.3. The number of hydrogen-bond acceptors (Lipinski definition) is 8. The highest BCUT2D eigenvalue weighted by Gasteiger charge is 2.32. The van der Waals surface area contributed by atoms with E-state index in [4.69, 9.17) is 16.3 Å². The highest BCUT2D eigenvalue weighted by molar-refractivity contribution is 6.33. The average Bonchev–Trinajstić information content (AvgIpc) is 3.53. The first-order valence-corrected chi connectivity index (χ1v) is 15.4. The van der Waals surface area contributed by atoms with Gasteiger partial charge in [0, 0.05) is 32.4 Å². The number of aromatic nitrogens is 5. The third-order valence-electron chi connectivity index (χ3n) is 8.13. The number of fused-ring (bicyclic) bond motifs is 1. The molecule has 1 N–H and O–H groups in total. The molecular weight excluding hydrogens is 660 g/mol. The van der Waals surface area contributed by atoms with Gasteiger partial charge in [0.25, 0.3) is 11.5 Å². The van der Waals surface area contributed by atoms with Crippen LogP contribution in [0, 0.1) is 5.82 Å². The zero-order valence-electron chi connectivity index (χ0n) is 25.6. The Kier molecular flexibility index (Phi) is 9.20. The van der Waals surface area contributed by atoms with Gasteiger partial charge in [-0.15, -0.1) is 5.10 Å². The number of anilines is 2. The molecule has 6 rings (SSSR count). The first-order valence-electron chi connectivity index (χ1n) is 15.1. The van der Waals surface area contributed by atoms with Crippen molar-refractivity contribution in [2.75, 3.05) is 49.6 Å². The summed E-state index contributed by atoms with van der Waals surface area (Å²) < 4.78 is 61.8. The number of benzene rings is 1. The third-order valence-corrected chi connectivity index (χ3v) is 8.44. The van der Waals surface area contributed by atoms with Gasteiger partial charge in [-0.1, -0.05) is 24.6 Å². The average molecular weight is 689 g/mol. The molecule has 1 aromatic carbocycles. The van der Waals surface area contributed by atoms with E-state index in [1.807, 2.05) is 6.08 Å². The van der Waals surface area contributed by atoms with E-state index in [-0.39, 0.29) is 67.0 Å². The van der Waals surface area contributed by atoms with Gasteiger partial charge in [0.2, 0.25) is 11.7 Å². The van der Waals surface area contributed by atoms with Gasteiger partial charge in [-0.05, 0) is 48.7 Å². The van der Waals surface area contributed by atoms with Crippen molar-refractivity contribution < 1.29 is 31.9 Å². The van der Waals surface area contributed by atoms with E-state index in [1.165, 1.54) is 17.2 Å². The maximum absolute atomic E-state index is 14.3. The fourth-order valence-electron chi connectivity index (χ4n) is 5.75. The summed E-state index contributed by atoms with van der Waals surface area (Å²) in [5.41, 5.74) is -0.284. The smallest absolute Gasteiger partial charge is 0.377 e. The summed E-state index contributed by atoms with van der Waals surface area (Å²) in [5, 5.41) is 6.77. The highest BCUT2D eigenvalue weighted by Crippen LogP contribution is 2.34. The molecule has 48 heavy (non-hydrogen) atoms. The van der Waals surface area contributed by atoms with Crippen LogP contribution in [0.5, 0.6) is 0 Å². The predicted molar refractivity (Wildman–Crippen MR) is 167 cm³/mol. The largest absolute Gasteiger partial charge is 0.416 e. The number of piperazine rings is 1. The van der Waals surface area contributed by atoms with Gasteiger partial charge in [-0.2, -0.15) is 22.7 Å². The van der Waals surface area contributed by atoms with Gasteiger partial charge in [0.05, 0.1) is 35.2 Å². The number of alkyl halides is 3. The lowest BCUT2D eigenvalue weighted by molar-refractivity contribution is -0.137. The van der Waals surface area contributed by atoms with Crippen LogP contribution in [0.1, 0.15) is 40.9 Å². The molecular formula is C31H29ClF4N8O4. The van der Waals surface area contributed by atoms with Crippen molar-refractivity contribution in [2.24, 2.45) is 0 Å². The molecule has 1 fully saturated rings. The van der Waals surface area contributed by atoms with Gasteiger partial charge >= 0.3 is 6.18 Å². The number of halogens is 5. The molecule has 2 aliphatic rings. The molecule has 252 valence electrons. The molecule has 2 aliphatic heterocycles. The Labute approximate surface area is 275 Å². The van der Waals surface area contributed by atoms with Crippen LogP contribution in [-0.2, 0) is 28.7 Å². The summed E-state index contributed by atoms with van der Waals surface area (Å²) in [7, 11) is 0. The fourth-order valence-corrected chi connectivity index (χ4v) is 5.98. The second-order valence-corrected chi connectivity index (χ2v) is 11.5. The van der Waals surface area contributed by atoms with Crippen molar-refractivity contribution in [3.05, 3.63) is 86.6 Å². The molecule has 0 bridgehead atoms. The molecule has 2 amide bonds. The Morgan fingerprint density at radius 3 is 2.54 bits per heavy atom. The summed E-state index contributed by atoms with van der Waals surface area (Å²) in [6.07, 6.45) is -0.666. The standard InChI is InChI=1S/C31H29ClF4N8O4/c1-2-23-26(41-10-12-42(13-11-41)28(46)25-21(33)4-3-9-37-25)29(47)44-30(39-27(40-44)18-7-14-48-15-8-18)43(23)17-24(45)38-22-6-5-19(16-20(22)32)31(34,35)36/h3-7,9,16H,2,8,10-15,17H2,1H3,(H,38,45). The van der Waals surface area contributed by atoms with Crippen LogP contribution in [0.2, 0.25) is 5.02 Å². The molecule has 0 aliphatic carbocycles. The number of nitrogens with one attached hydrogen (secondary N) is 1. The Morgan fingerprint density at radius 2 is 1.90 bits per heavy atom. The van der Waals surface area contributed by atoms with Crippen LogP contribution >= 0.6 is 11.6 Å². The van der Waals surface area contributed by atoms with Gasteiger partial charge in [-0.3, -0.25) is 14.4 Å². The molecule has 4 aromatic rings. The second-order valence-electron chi connectivity index (χ2n) is 11.1. The Morgan fingerprint density at radius 1 is 1.12 bits per heavy atom. The molecule has 1 saturated heterocycles. The molecule has 3 aromatic heterocycles. The van der Waals surface area contributed by atoms with Crippen molar-refractivity contribution in [3.63, 3.8) is 0 Å². The summed E-state index contributed by atoms with van der Waals surface area (Å²) in [6, 6.07) is 5.16. The molecule has 0 unspecified atom stereocenters. The quantitative estimate of drug-likeness (QED) is 0.288. The summed E-state index contributed by atoms with van der Waals surface area (Å²) in [5.74, 6) is -1.55. The second kappa shape index (κ2) is 13.4. The molecule has 0 spiro atoms. The number of pyridine rings is 1. The summed E-state index contributed by atoms with van der Waals surface area (Å²) in [4.78, 5) is 52.2. The van der Waals surface area contributed by atoms with E-state index in [2.05, 4.69) is 20.4 Å². The SMILES string of the molecule is CCc1c(N2CCN(C(=O)c3ncccc3F)CC2)c(=O)n2nc(C3=CCOCC3)nc2n1CC(=O)Nc1ccc(C(F)(F)F)cc1Cl. The summed E-state index contributed by atoms with van der Waals surface area (Å²) in [6.45, 7) is 2.97. The normalized spacial score (nSPS) is 15.5. The number of carbonyl (C=O) groups is 2. The van der Waals surface area contributed by atoms with Crippen molar-refractivity contribution >= 4 is 46.1 Å². The molecule has 0 saturated carbocycles. The van der Waals surface area contributed by atoms with Crippen LogP contribution in [-0.4, -0.2) is 80.3 Å². The fraction of sp³-hybridized carbons (Fsp3) is 0.355. The van der Waals surface area contributed by atoms with E-state index < -0.39 is 34.9 Å². The van der Waals surface area contributed by atoms with Gasteiger partial charge in [0.15, 0.2) is 17.3 Å². The van der Waals surface area contributed by atoms with Gasteiger partial charge < -0.3 is 24.4 Å². The van der Waals surface area contributed by atoms with E-state index in [1.54, 1.807) is 16.4 Å². The van der Waals surface area contributed by atoms with E-state index >= 15 is 0 Å². The Hall–Kier alpha value is -4.83. The van der Waals surface area contributed by atoms with E-state index in [9.17, 15) is 31.9 Å². The van der Waals surface area contributed by atoms with Crippen LogP contribution < -0.4 is 15.8 Å². The first-order chi connectivity index (χ1) is 23.0. The predicted octanol–water partition coefficient (Wildman–Crippen LogP) is 4.06. The maximum Gasteiger partial charge on any atom is 0.416 e. The monoisotopic (exact) mass is 688 g/mol. The summed E-state index contributed by atoms with van der Waals surface area (Å²) >= 11 is 6.09. The van der Waals surface area contributed by atoms with Crippen molar-refractivity contribution in [1.82, 2.24) is 29.0 Å². The van der Waals surface area contributed by atoms with Crippen molar-refractivity contribution in [1.29, 1.82) is 0 Å². The molecule has 12 nitrogen and oxygen atoms in total. The van der Waals surface area contributed by atoms with E-state index in [0.717, 1.165) is 34.4 Å². The van der Waals surface area contributed by atoms with Crippen molar-refractivity contribution in [2.45, 2.75) is 32.5 Å². The Bertz CT molecular complexity index is 1990. The van der Waals surface area contributed by atoms with E-state index in [0.29, 0.717) is 31.2 Å². The minimum atomic E-state index is -4.61. The maximum atomic E-state index is 14.3.